The van der Waals surface area contributed by atoms with Crippen molar-refractivity contribution in [3.05, 3.63) is 34.5 Å². The van der Waals surface area contributed by atoms with Crippen LogP contribution in [0.25, 0.3) is 0 Å². The highest BCUT2D eigenvalue weighted by atomic mass is 32.1. The van der Waals surface area contributed by atoms with Crippen molar-refractivity contribution in [2.24, 2.45) is 7.05 Å². The number of ether oxygens (including phenoxy) is 1. The number of hydrogen-bond acceptors (Lipinski definition) is 5. The summed E-state index contributed by atoms with van der Waals surface area (Å²) in [5.74, 6) is -0.429. The molecule has 0 bridgehead atoms. The van der Waals surface area contributed by atoms with Crippen LogP contribution in [0.5, 0.6) is 0 Å². The van der Waals surface area contributed by atoms with Crippen LogP contribution >= 0.6 is 11.3 Å². The first-order valence-electron chi connectivity index (χ1n) is 7.04. The molecule has 2 aromatic rings. The summed E-state index contributed by atoms with van der Waals surface area (Å²) in [6, 6.07) is 1.79. The van der Waals surface area contributed by atoms with Crippen molar-refractivity contribution in [3.8, 4) is 0 Å². The van der Waals surface area contributed by atoms with E-state index >= 15 is 0 Å². The van der Waals surface area contributed by atoms with Crippen LogP contribution in [0.3, 0.4) is 0 Å². The number of hydrogen-bond donors (Lipinski definition) is 1. The molecule has 7 heteroatoms. The van der Waals surface area contributed by atoms with Crippen LogP contribution in [0.4, 0.5) is 5.00 Å². The third kappa shape index (κ3) is 4.17. The number of carbonyl (C=O) groups excluding carboxylic acids is 2. The van der Waals surface area contributed by atoms with Gasteiger partial charge in [0.05, 0.1) is 17.8 Å². The molecule has 0 aliphatic heterocycles. The number of nitrogens with zero attached hydrogens (tertiary/aromatic N) is 2. The van der Waals surface area contributed by atoms with E-state index in [0.717, 1.165) is 11.1 Å². The summed E-state index contributed by atoms with van der Waals surface area (Å²) in [6.07, 6.45) is 4.65. The van der Waals surface area contributed by atoms with Gasteiger partial charge in [0.25, 0.3) is 0 Å². The maximum absolute atomic E-state index is 12.0. The summed E-state index contributed by atoms with van der Waals surface area (Å²) >= 11 is 1.24. The number of thiophene rings is 1. The average Bonchev–Trinajstić information content (AvgIpc) is 3.03. The standard InChI is InChI=1S/C15H19N3O3S/c1-4-21-15(20)14-10(2)7-13(22-14)17-12(19)6-5-11-8-16-18(3)9-11/h7-9H,4-6H2,1-3H3,(H,17,19). The zero-order valence-electron chi connectivity index (χ0n) is 12.9. The number of amides is 1. The molecule has 2 heterocycles. The molecule has 0 aromatic carbocycles. The molecule has 0 aliphatic rings. The van der Waals surface area contributed by atoms with Crippen LogP contribution in [-0.2, 0) is 23.0 Å². The normalized spacial score (nSPS) is 10.5. The van der Waals surface area contributed by atoms with Gasteiger partial charge in [-0.3, -0.25) is 9.48 Å². The Hall–Kier alpha value is -2.15. The van der Waals surface area contributed by atoms with Gasteiger partial charge in [0.2, 0.25) is 5.91 Å². The SMILES string of the molecule is CCOC(=O)c1sc(NC(=O)CCc2cnn(C)c2)cc1C. The highest BCUT2D eigenvalue weighted by Gasteiger charge is 2.15. The van der Waals surface area contributed by atoms with Gasteiger partial charge in [0.15, 0.2) is 0 Å². The minimum atomic E-state index is -0.346. The third-order valence-corrected chi connectivity index (χ3v) is 4.17. The fraction of sp³-hybridized carbons (Fsp3) is 0.400. The Bertz CT molecular complexity index is 675. The first kappa shape index (κ1) is 16.2. The highest BCUT2D eigenvalue weighted by Crippen LogP contribution is 2.27. The smallest absolute Gasteiger partial charge is 0.348 e. The molecule has 2 aromatic heterocycles. The number of carbonyl (C=O) groups is 2. The van der Waals surface area contributed by atoms with E-state index in [-0.39, 0.29) is 11.9 Å². The molecule has 118 valence electrons. The summed E-state index contributed by atoms with van der Waals surface area (Å²) in [5.41, 5.74) is 1.83. The molecule has 0 saturated carbocycles. The lowest BCUT2D eigenvalue weighted by Gasteiger charge is -2.01. The monoisotopic (exact) mass is 321 g/mol. The molecule has 6 nitrogen and oxygen atoms in total. The van der Waals surface area contributed by atoms with Gasteiger partial charge in [-0.15, -0.1) is 11.3 Å². The summed E-state index contributed by atoms with van der Waals surface area (Å²) < 4.78 is 6.69. The minimum Gasteiger partial charge on any atom is -0.462 e. The molecule has 0 fully saturated rings. The first-order valence-corrected chi connectivity index (χ1v) is 7.86. The Morgan fingerprint density at radius 1 is 1.45 bits per heavy atom. The predicted octanol–water partition coefficient (Wildman–Crippen LogP) is 2.54. The Morgan fingerprint density at radius 2 is 2.23 bits per heavy atom. The average molecular weight is 321 g/mol. The van der Waals surface area contributed by atoms with E-state index in [1.165, 1.54) is 11.3 Å². The van der Waals surface area contributed by atoms with Crippen LogP contribution in [0.15, 0.2) is 18.5 Å². The van der Waals surface area contributed by atoms with Crippen LogP contribution < -0.4 is 5.32 Å². The first-order chi connectivity index (χ1) is 10.5. The number of anilines is 1. The molecule has 0 spiro atoms. The van der Waals surface area contributed by atoms with E-state index in [0.29, 0.717) is 29.3 Å². The van der Waals surface area contributed by atoms with Crippen LogP contribution in [0, 0.1) is 6.92 Å². The number of aromatic nitrogens is 2. The second kappa shape index (κ2) is 7.22. The van der Waals surface area contributed by atoms with Gasteiger partial charge >= 0.3 is 5.97 Å². The van der Waals surface area contributed by atoms with Gasteiger partial charge in [0.1, 0.15) is 4.88 Å². The molecule has 0 aliphatic carbocycles. The molecule has 1 N–H and O–H groups in total. The van der Waals surface area contributed by atoms with Gasteiger partial charge in [-0.05, 0) is 37.5 Å². The van der Waals surface area contributed by atoms with E-state index in [9.17, 15) is 9.59 Å². The van der Waals surface area contributed by atoms with E-state index in [1.54, 1.807) is 23.9 Å². The van der Waals surface area contributed by atoms with E-state index in [1.807, 2.05) is 20.2 Å². The number of nitrogens with one attached hydrogen (secondary N) is 1. The summed E-state index contributed by atoms with van der Waals surface area (Å²) in [5, 5.41) is 7.55. The van der Waals surface area contributed by atoms with E-state index in [4.69, 9.17) is 4.74 Å². The molecular formula is C15H19N3O3S. The second-order valence-electron chi connectivity index (χ2n) is 4.91. The zero-order valence-corrected chi connectivity index (χ0v) is 13.7. The Morgan fingerprint density at radius 3 is 2.86 bits per heavy atom. The quantitative estimate of drug-likeness (QED) is 0.830. The maximum atomic E-state index is 12.0. The molecule has 1 amide bonds. The topological polar surface area (TPSA) is 73.2 Å². The molecule has 0 atom stereocenters. The molecule has 0 radical (unpaired) electrons. The second-order valence-corrected chi connectivity index (χ2v) is 5.97. The Labute approximate surface area is 133 Å². The van der Waals surface area contributed by atoms with Crippen molar-refractivity contribution >= 4 is 28.2 Å². The lowest BCUT2D eigenvalue weighted by Crippen LogP contribution is -2.11. The number of rotatable bonds is 6. The lowest BCUT2D eigenvalue weighted by molar-refractivity contribution is -0.116. The van der Waals surface area contributed by atoms with E-state index in [2.05, 4.69) is 10.4 Å². The summed E-state index contributed by atoms with van der Waals surface area (Å²) in [6.45, 7) is 3.93. The molecule has 0 saturated heterocycles. The third-order valence-electron chi connectivity index (χ3n) is 3.04. The van der Waals surface area contributed by atoms with Crippen LogP contribution in [0.1, 0.15) is 34.1 Å². The van der Waals surface area contributed by atoms with Crippen molar-refractivity contribution in [3.63, 3.8) is 0 Å². The lowest BCUT2D eigenvalue weighted by atomic mass is 10.2. The molecule has 2 rings (SSSR count). The Balaban J connectivity index is 1.91. The van der Waals surface area contributed by atoms with Crippen LogP contribution in [-0.4, -0.2) is 28.3 Å². The van der Waals surface area contributed by atoms with Gasteiger partial charge in [-0.1, -0.05) is 0 Å². The minimum absolute atomic E-state index is 0.0829. The summed E-state index contributed by atoms with van der Waals surface area (Å²) in [7, 11) is 1.84. The van der Waals surface area contributed by atoms with Gasteiger partial charge < -0.3 is 10.1 Å². The fourth-order valence-corrected chi connectivity index (χ4v) is 2.98. The van der Waals surface area contributed by atoms with Crippen molar-refractivity contribution in [1.29, 1.82) is 0 Å². The van der Waals surface area contributed by atoms with Crippen LogP contribution in [0.2, 0.25) is 0 Å². The predicted molar refractivity (Wildman–Crippen MR) is 85.2 cm³/mol. The van der Waals surface area contributed by atoms with Crippen molar-refractivity contribution < 1.29 is 14.3 Å². The van der Waals surface area contributed by atoms with Crippen molar-refractivity contribution in [1.82, 2.24) is 9.78 Å². The Kier molecular flexibility index (Phi) is 5.32. The van der Waals surface area contributed by atoms with E-state index < -0.39 is 0 Å². The highest BCUT2D eigenvalue weighted by molar-refractivity contribution is 7.18. The van der Waals surface area contributed by atoms with Gasteiger partial charge in [-0.2, -0.15) is 5.10 Å². The fourth-order valence-electron chi connectivity index (χ4n) is 2.00. The summed E-state index contributed by atoms with van der Waals surface area (Å²) in [4.78, 5) is 24.2. The zero-order chi connectivity index (χ0) is 16.1. The number of esters is 1. The molecular weight excluding hydrogens is 302 g/mol. The van der Waals surface area contributed by atoms with Gasteiger partial charge in [-0.25, -0.2) is 4.79 Å². The van der Waals surface area contributed by atoms with Crippen molar-refractivity contribution in [2.45, 2.75) is 26.7 Å². The molecule has 22 heavy (non-hydrogen) atoms. The maximum Gasteiger partial charge on any atom is 0.348 e. The van der Waals surface area contributed by atoms with Gasteiger partial charge in [0, 0.05) is 19.7 Å². The molecule has 0 unspecified atom stereocenters. The van der Waals surface area contributed by atoms with Crippen molar-refractivity contribution in [2.75, 3.05) is 11.9 Å². The largest absolute Gasteiger partial charge is 0.462 e. The number of aryl methyl sites for hydroxylation is 3.